The molecule has 0 atom stereocenters. The molecule has 1 fully saturated rings. The Morgan fingerprint density at radius 1 is 1.17 bits per heavy atom. The van der Waals surface area contributed by atoms with Gasteiger partial charge in [0.25, 0.3) is 0 Å². The molecule has 30 heavy (non-hydrogen) atoms. The van der Waals surface area contributed by atoms with Crippen LogP contribution in [0.3, 0.4) is 0 Å². The predicted octanol–water partition coefficient (Wildman–Crippen LogP) is 3.14. The summed E-state index contributed by atoms with van der Waals surface area (Å²) in [6.07, 6.45) is 0.201. The molecule has 10 heteroatoms. The summed E-state index contributed by atoms with van der Waals surface area (Å²) in [5.41, 5.74) is 1.98. The van der Waals surface area contributed by atoms with E-state index in [-0.39, 0.29) is 42.4 Å². The molecule has 0 radical (unpaired) electrons. The summed E-state index contributed by atoms with van der Waals surface area (Å²) in [6, 6.07) is 10.3. The van der Waals surface area contributed by atoms with Gasteiger partial charge in [0.05, 0.1) is 9.64 Å². The van der Waals surface area contributed by atoms with Gasteiger partial charge < -0.3 is 10.1 Å². The standard InChI is InChI=1S/C20H23FN2O5S.ClH/c1-14-12-16(4-7-18(14)21)28-15-2-5-17(6-3-15)29(26,27)20(13-19(24)23-25)8-10-22-11-9-20;/h2-7,12,22,25H,8-11,13H2,1H3,(H,23,24);1H. The summed E-state index contributed by atoms with van der Waals surface area (Å²) in [7, 11) is -3.85. The van der Waals surface area contributed by atoms with E-state index in [9.17, 15) is 17.6 Å². The lowest BCUT2D eigenvalue weighted by molar-refractivity contribution is -0.130. The third kappa shape index (κ3) is 4.92. The first-order valence-corrected chi connectivity index (χ1v) is 10.7. The van der Waals surface area contributed by atoms with Crippen LogP contribution in [0.2, 0.25) is 0 Å². The van der Waals surface area contributed by atoms with Gasteiger partial charge in [-0.1, -0.05) is 0 Å². The Labute approximate surface area is 180 Å². The molecule has 1 saturated heterocycles. The third-order valence-electron chi connectivity index (χ3n) is 5.19. The first-order chi connectivity index (χ1) is 13.8. The average molecular weight is 459 g/mol. The second kappa shape index (κ2) is 9.74. The molecule has 2 aromatic rings. The third-order valence-corrected chi connectivity index (χ3v) is 7.78. The Morgan fingerprint density at radius 2 is 1.77 bits per heavy atom. The fourth-order valence-electron chi connectivity index (χ4n) is 3.51. The molecule has 0 spiro atoms. The monoisotopic (exact) mass is 458 g/mol. The number of nitrogens with one attached hydrogen (secondary N) is 2. The predicted molar refractivity (Wildman–Crippen MR) is 111 cm³/mol. The highest BCUT2D eigenvalue weighted by molar-refractivity contribution is 7.92. The van der Waals surface area contributed by atoms with Crippen molar-refractivity contribution in [3.8, 4) is 11.5 Å². The van der Waals surface area contributed by atoms with Gasteiger partial charge in [-0.05, 0) is 80.9 Å². The summed E-state index contributed by atoms with van der Waals surface area (Å²) in [6.45, 7) is 2.55. The van der Waals surface area contributed by atoms with Crippen molar-refractivity contribution in [1.29, 1.82) is 0 Å². The normalized spacial score (nSPS) is 15.7. The first-order valence-electron chi connectivity index (χ1n) is 9.20. The van der Waals surface area contributed by atoms with Crippen molar-refractivity contribution in [3.05, 3.63) is 53.8 Å². The van der Waals surface area contributed by atoms with E-state index in [1.165, 1.54) is 41.9 Å². The summed E-state index contributed by atoms with van der Waals surface area (Å²) < 4.78 is 44.4. The van der Waals surface area contributed by atoms with Gasteiger partial charge >= 0.3 is 0 Å². The van der Waals surface area contributed by atoms with Gasteiger partial charge in [0.2, 0.25) is 5.91 Å². The highest BCUT2D eigenvalue weighted by atomic mass is 35.5. The topological polar surface area (TPSA) is 105 Å². The van der Waals surface area contributed by atoms with Crippen LogP contribution in [0, 0.1) is 12.7 Å². The number of hydrogen-bond donors (Lipinski definition) is 3. The Kier molecular flexibility index (Phi) is 7.81. The number of carbonyl (C=O) groups is 1. The molecule has 0 unspecified atom stereocenters. The lowest BCUT2D eigenvalue weighted by atomic mass is 9.93. The van der Waals surface area contributed by atoms with Crippen molar-refractivity contribution >= 4 is 28.2 Å². The summed E-state index contributed by atoms with van der Waals surface area (Å²) in [4.78, 5) is 11.9. The van der Waals surface area contributed by atoms with Gasteiger partial charge in [0, 0.05) is 6.42 Å². The molecule has 3 N–H and O–H groups in total. The highest BCUT2D eigenvalue weighted by Gasteiger charge is 2.46. The molecule has 1 amide bonds. The van der Waals surface area contributed by atoms with Crippen molar-refractivity contribution in [2.75, 3.05) is 13.1 Å². The quantitative estimate of drug-likeness (QED) is 0.453. The summed E-state index contributed by atoms with van der Waals surface area (Å²) in [5, 5.41) is 12.0. The van der Waals surface area contributed by atoms with Gasteiger partial charge in [0.1, 0.15) is 17.3 Å². The minimum atomic E-state index is -3.85. The minimum absolute atomic E-state index is 0. The molecule has 1 aliphatic rings. The van der Waals surface area contributed by atoms with Gasteiger partial charge in [0.15, 0.2) is 9.84 Å². The maximum atomic E-state index is 13.4. The van der Waals surface area contributed by atoms with Crippen molar-refractivity contribution in [2.24, 2.45) is 0 Å². The Hall–Kier alpha value is -2.20. The molecule has 0 saturated carbocycles. The van der Waals surface area contributed by atoms with Gasteiger partial charge in [-0.15, -0.1) is 12.4 Å². The first kappa shape index (κ1) is 24.1. The molecule has 1 aliphatic heterocycles. The van der Waals surface area contributed by atoms with Gasteiger partial charge in [-0.25, -0.2) is 18.3 Å². The molecule has 3 rings (SSSR count). The number of hydroxylamine groups is 1. The lowest BCUT2D eigenvalue weighted by Crippen LogP contribution is -2.50. The van der Waals surface area contributed by atoms with Crippen LogP contribution in [-0.2, 0) is 14.6 Å². The molecule has 0 bridgehead atoms. The van der Waals surface area contributed by atoms with E-state index < -0.39 is 20.5 Å². The molecule has 2 aromatic carbocycles. The SMILES string of the molecule is Cc1cc(Oc2ccc(S(=O)(=O)C3(CC(=O)NO)CCNCC3)cc2)ccc1F.Cl. The number of rotatable bonds is 6. The fourth-order valence-corrected chi connectivity index (χ4v) is 5.57. The number of benzene rings is 2. The summed E-state index contributed by atoms with van der Waals surface area (Å²) in [5.74, 6) is -0.226. The van der Waals surface area contributed by atoms with E-state index in [4.69, 9.17) is 9.94 Å². The number of sulfone groups is 1. The number of piperidine rings is 1. The molecule has 7 nitrogen and oxygen atoms in total. The number of aryl methyl sites for hydroxylation is 1. The Balaban J connectivity index is 0.00000320. The zero-order chi connectivity index (χ0) is 21.1. The van der Waals surface area contributed by atoms with Crippen LogP contribution >= 0.6 is 12.4 Å². The van der Waals surface area contributed by atoms with Crippen LogP contribution in [0.1, 0.15) is 24.8 Å². The van der Waals surface area contributed by atoms with Crippen molar-refractivity contribution < 1.29 is 27.5 Å². The minimum Gasteiger partial charge on any atom is -0.457 e. The number of halogens is 2. The van der Waals surface area contributed by atoms with E-state index in [2.05, 4.69) is 5.32 Å². The van der Waals surface area contributed by atoms with E-state index in [1.807, 2.05) is 0 Å². The number of carbonyl (C=O) groups excluding carboxylic acids is 1. The van der Waals surface area contributed by atoms with Crippen LogP contribution in [0.25, 0.3) is 0 Å². The van der Waals surface area contributed by atoms with Crippen molar-refractivity contribution in [1.82, 2.24) is 10.8 Å². The van der Waals surface area contributed by atoms with Gasteiger partial charge in [-0.3, -0.25) is 10.0 Å². The maximum Gasteiger partial charge on any atom is 0.244 e. The number of amides is 1. The highest BCUT2D eigenvalue weighted by Crippen LogP contribution is 2.37. The smallest absolute Gasteiger partial charge is 0.244 e. The molecule has 164 valence electrons. The van der Waals surface area contributed by atoms with Crippen LogP contribution in [0.15, 0.2) is 47.4 Å². The summed E-state index contributed by atoms with van der Waals surface area (Å²) >= 11 is 0. The lowest BCUT2D eigenvalue weighted by Gasteiger charge is -2.36. The second-order valence-electron chi connectivity index (χ2n) is 7.13. The van der Waals surface area contributed by atoms with E-state index in [0.717, 1.165) is 0 Å². The van der Waals surface area contributed by atoms with Crippen LogP contribution < -0.4 is 15.5 Å². The van der Waals surface area contributed by atoms with Crippen molar-refractivity contribution in [2.45, 2.75) is 35.8 Å². The maximum absolute atomic E-state index is 13.4. The molecule has 0 aliphatic carbocycles. The average Bonchev–Trinajstić information content (AvgIpc) is 2.71. The second-order valence-corrected chi connectivity index (χ2v) is 9.48. The van der Waals surface area contributed by atoms with Crippen LogP contribution in [0.4, 0.5) is 4.39 Å². The number of ether oxygens (including phenoxy) is 1. The fraction of sp³-hybridized carbons (Fsp3) is 0.350. The van der Waals surface area contributed by atoms with Crippen LogP contribution in [-0.4, -0.2) is 37.4 Å². The Bertz CT molecular complexity index is 993. The van der Waals surface area contributed by atoms with Crippen molar-refractivity contribution in [3.63, 3.8) is 0 Å². The zero-order valence-electron chi connectivity index (χ0n) is 16.4. The van der Waals surface area contributed by atoms with Gasteiger partial charge in [-0.2, -0.15) is 0 Å². The molecular formula is C20H24ClFN2O5S. The molecule has 0 aromatic heterocycles. The molecular weight excluding hydrogens is 435 g/mol. The largest absolute Gasteiger partial charge is 0.457 e. The van der Waals surface area contributed by atoms with Crippen LogP contribution in [0.5, 0.6) is 11.5 Å². The molecule has 1 heterocycles. The van der Waals surface area contributed by atoms with E-state index >= 15 is 0 Å². The Morgan fingerprint density at radius 3 is 2.33 bits per heavy atom. The van der Waals surface area contributed by atoms with E-state index in [1.54, 1.807) is 13.0 Å². The zero-order valence-corrected chi connectivity index (χ0v) is 18.0. The van der Waals surface area contributed by atoms with E-state index in [0.29, 0.717) is 30.2 Å². The number of hydrogen-bond acceptors (Lipinski definition) is 6.